The molecular weight excluding hydrogens is 509 g/mol. The Hall–Kier alpha value is -3.80. The summed E-state index contributed by atoms with van der Waals surface area (Å²) in [6.07, 6.45) is 0.503. The molecule has 2 N–H and O–H groups in total. The van der Waals surface area contributed by atoms with Crippen LogP contribution in [0.3, 0.4) is 0 Å². The minimum atomic E-state index is -4.45. The molecule has 4 aromatic rings. The zero-order valence-electron chi connectivity index (χ0n) is 21.5. The maximum absolute atomic E-state index is 13.8. The fraction of sp³-hybridized carbons (Fsp3) is 0.444. The number of aromatic nitrogens is 6. The topological polar surface area (TPSA) is 103 Å². The summed E-state index contributed by atoms with van der Waals surface area (Å²) in [5.41, 5.74) is 1.53. The highest BCUT2D eigenvalue weighted by Gasteiger charge is 2.66. The largest absolute Gasteiger partial charge is 0.401 e. The van der Waals surface area contributed by atoms with E-state index in [2.05, 4.69) is 42.7 Å². The van der Waals surface area contributed by atoms with Gasteiger partial charge in [0.2, 0.25) is 5.95 Å². The lowest BCUT2D eigenvalue weighted by Crippen LogP contribution is -2.33. The van der Waals surface area contributed by atoms with E-state index in [1.54, 1.807) is 0 Å². The van der Waals surface area contributed by atoms with Crippen molar-refractivity contribution >= 4 is 22.7 Å². The van der Waals surface area contributed by atoms with Crippen LogP contribution in [-0.2, 0) is 17.4 Å². The van der Waals surface area contributed by atoms with Crippen molar-refractivity contribution in [2.75, 3.05) is 11.9 Å². The number of benzene rings is 1. The smallest absolute Gasteiger partial charge is 0.324 e. The van der Waals surface area contributed by atoms with Gasteiger partial charge in [-0.25, -0.2) is 24.3 Å². The molecule has 0 radical (unpaired) electrons. The molecule has 0 bridgehead atoms. The average molecular weight is 537 g/mol. The highest BCUT2D eigenvalue weighted by atomic mass is 19.4. The zero-order valence-corrected chi connectivity index (χ0v) is 21.5. The Labute approximate surface area is 221 Å². The van der Waals surface area contributed by atoms with E-state index < -0.39 is 11.6 Å². The van der Waals surface area contributed by atoms with E-state index in [0.717, 1.165) is 31.6 Å². The molecule has 1 spiro atoms. The first-order valence-electron chi connectivity index (χ1n) is 13.1. The third-order valence-corrected chi connectivity index (χ3v) is 8.26. The van der Waals surface area contributed by atoms with Crippen LogP contribution in [-0.4, -0.2) is 42.0 Å². The monoisotopic (exact) mass is 536 g/mol. The minimum absolute atomic E-state index is 0.0578. The molecule has 39 heavy (non-hydrogen) atoms. The molecule has 2 saturated carbocycles. The number of alkyl halides is 3. The zero-order chi connectivity index (χ0) is 27.2. The van der Waals surface area contributed by atoms with Gasteiger partial charge in [0.15, 0.2) is 11.5 Å². The summed E-state index contributed by atoms with van der Waals surface area (Å²) in [6, 6.07) is 7.40. The molecule has 1 aliphatic heterocycles. The van der Waals surface area contributed by atoms with Gasteiger partial charge < -0.3 is 10.6 Å². The molecule has 9 nitrogen and oxygen atoms in total. The quantitative estimate of drug-likeness (QED) is 0.389. The van der Waals surface area contributed by atoms with Crippen LogP contribution in [0.4, 0.5) is 24.8 Å². The maximum atomic E-state index is 13.8. The Morgan fingerprint density at radius 1 is 1.08 bits per heavy atom. The summed E-state index contributed by atoms with van der Waals surface area (Å²) in [6.45, 7) is 5.45. The van der Waals surface area contributed by atoms with Crippen molar-refractivity contribution in [1.82, 2.24) is 34.6 Å². The van der Waals surface area contributed by atoms with Crippen molar-refractivity contribution in [2.24, 2.45) is 0 Å². The van der Waals surface area contributed by atoms with E-state index >= 15 is 0 Å². The van der Waals surface area contributed by atoms with Crippen LogP contribution in [0.1, 0.15) is 62.5 Å². The van der Waals surface area contributed by atoms with Crippen LogP contribution in [0.2, 0.25) is 0 Å². The molecule has 4 heterocycles. The average Bonchev–Trinajstić information content (AvgIpc) is 3.83. The van der Waals surface area contributed by atoms with Crippen LogP contribution in [0.15, 0.2) is 41.5 Å². The standard InChI is InChI=1S/C27H27F3N8O/c1-15(2)37-22(39)18-13-33-24(34-17-4-3-16-12-31-14-25(6-7-25)19(16)11-17)36-21(18)38(37)20-5-10-32-23(35-20)26(8-9-26)27(28,29)30/h3-5,10-11,13,15,31H,6-9,12,14H2,1-2H3,(H,33,34,36). The highest BCUT2D eigenvalue weighted by molar-refractivity contribution is 5.77. The van der Waals surface area contributed by atoms with Crippen molar-refractivity contribution in [1.29, 1.82) is 0 Å². The van der Waals surface area contributed by atoms with Gasteiger partial charge in [0, 0.05) is 48.7 Å². The van der Waals surface area contributed by atoms with E-state index in [0.29, 0.717) is 0 Å². The Morgan fingerprint density at radius 2 is 1.87 bits per heavy atom. The van der Waals surface area contributed by atoms with E-state index in [4.69, 9.17) is 0 Å². The molecule has 12 heteroatoms. The van der Waals surface area contributed by atoms with Crippen molar-refractivity contribution < 1.29 is 13.2 Å². The van der Waals surface area contributed by atoms with Gasteiger partial charge in [-0.3, -0.25) is 4.79 Å². The number of halogens is 3. The van der Waals surface area contributed by atoms with Gasteiger partial charge in [0.25, 0.3) is 5.56 Å². The number of rotatable bonds is 5. The second-order valence-electron chi connectivity index (χ2n) is 11.2. The summed E-state index contributed by atoms with van der Waals surface area (Å²) in [5, 5.41) is 7.01. The summed E-state index contributed by atoms with van der Waals surface area (Å²) < 4.78 is 44.4. The number of fused-ring (bicyclic) bond motifs is 3. The summed E-state index contributed by atoms with van der Waals surface area (Å²) in [7, 11) is 0. The SMILES string of the molecule is CC(C)n1c(=O)c2cnc(Nc3ccc4c(c3)C3(CC3)CNC4)nc2n1-c1ccnc(C2(C(F)(F)F)CC2)n1. The first kappa shape index (κ1) is 24.3. The second kappa shape index (κ2) is 8.10. The van der Waals surface area contributed by atoms with E-state index in [1.807, 2.05) is 19.9 Å². The summed E-state index contributed by atoms with van der Waals surface area (Å²) in [4.78, 5) is 30.7. The van der Waals surface area contributed by atoms with E-state index in [-0.39, 0.29) is 58.5 Å². The third-order valence-electron chi connectivity index (χ3n) is 8.26. The molecular formula is C27H27F3N8O. The minimum Gasteiger partial charge on any atom is -0.324 e. The predicted molar refractivity (Wildman–Crippen MR) is 138 cm³/mol. The molecule has 0 saturated heterocycles. The predicted octanol–water partition coefficient (Wildman–Crippen LogP) is 4.43. The van der Waals surface area contributed by atoms with Crippen LogP contribution >= 0.6 is 0 Å². The van der Waals surface area contributed by atoms with E-state index in [9.17, 15) is 18.0 Å². The fourth-order valence-corrected chi connectivity index (χ4v) is 5.76. The van der Waals surface area contributed by atoms with Crippen LogP contribution < -0.4 is 16.2 Å². The molecule has 1 aromatic carbocycles. The molecule has 202 valence electrons. The first-order chi connectivity index (χ1) is 18.6. The maximum Gasteiger partial charge on any atom is 0.401 e. The lowest BCUT2D eigenvalue weighted by atomic mass is 9.88. The lowest BCUT2D eigenvalue weighted by Gasteiger charge is -2.26. The van der Waals surface area contributed by atoms with E-state index in [1.165, 1.54) is 39.0 Å². The lowest BCUT2D eigenvalue weighted by molar-refractivity contribution is -0.162. The normalized spacial score (nSPS) is 18.9. The fourth-order valence-electron chi connectivity index (χ4n) is 5.76. The molecule has 2 aliphatic carbocycles. The van der Waals surface area contributed by atoms with Crippen LogP contribution in [0.25, 0.3) is 16.9 Å². The third kappa shape index (κ3) is 3.68. The molecule has 3 aromatic heterocycles. The molecule has 2 fully saturated rings. The number of hydrogen-bond donors (Lipinski definition) is 2. The summed E-state index contributed by atoms with van der Waals surface area (Å²) >= 11 is 0. The van der Waals surface area contributed by atoms with Crippen LogP contribution in [0.5, 0.6) is 0 Å². The highest BCUT2D eigenvalue weighted by Crippen LogP contribution is 2.57. The van der Waals surface area contributed by atoms with Crippen molar-refractivity contribution in [2.45, 2.75) is 69.1 Å². The molecule has 0 unspecified atom stereocenters. The molecule has 0 atom stereocenters. The van der Waals surface area contributed by atoms with Crippen molar-refractivity contribution in [3.05, 3.63) is 64.0 Å². The summed E-state index contributed by atoms with van der Waals surface area (Å²) in [5.74, 6) is 0.138. The van der Waals surface area contributed by atoms with Gasteiger partial charge in [-0.2, -0.15) is 18.2 Å². The van der Waals surface area contributed by atoms with Crippen molar-refractivity contribution in [3.8, 4) is 5.82 Å². The van der Waals surface area contributed by atoms with Gasteiger partial charge in [0.1, 0.15) is 16.6 Å². The number of nitrogens with zero attached hydrogens (tertiary/aromatic N) is 6. The van der Waals surface area contributed by atoms with Gasteiger partial charge in [-0.1, -0.05) is 6.07 Å². The van der Waals surface area contributed by atoms with Gasteiger partial charge in [0.05, 0.1) is 0 Å². The van der Waals surface area contributed by atoms with Crippen molar-refractivity contribution in [3.63, 3.8) is 0 Å². The first-order valence-corrected chi connectivity index (χ1v) is 13.1. The Kier molecular flexibility index (Phi) is 5.04. The Balaban J connectivity index is 1.32. The molecule has 3 aliphatic rings. The molecule has 0 amide bonds. The number of anilines is 2. The second-order valence-corrected chi connectivity index (χ2v) is 11.2. The van der Waals surface area contributed by atoms with Gasteiger partial charge in [-0.15, -0.1) is 0 Å². The van der Waals surface area contributed by atoms with Crippen LogP contribution in [0, 0.1) is 0 Å². The van der Waals surface area contributed by atoms with Gasteiger partial charge >= 0.3 is 6.18 Å². The number of hydrogen-bond acceptors (Lipinski definition) is 7. The number of nitrogens with one attached hydrogen (secondary N) is 2. The molecule has 7 rings (SSSR count). The van der Waals surface area contributed by atoms with Gasteiger partial charge in [-0.05, 0) is 62.8 Å². The Morgan fingerprint density at radius 3 is 2.56 bits per heavy atom. The Bertz CT molecular complexity index is 1680.